The van der Waals surface area contributed by atoms with Gasteiger partial charge in [0, 0.05) is 44.4 Å². The van der Waals surface area contributed by atoms with E-state index in [1.54, 1.807) is 19.4 Å². The van der Waals surface area contributed by atoms with Gasteiger partial charge in [-0.2, -0.15) is 10.1 Å². The summed E-state index contributed by atoms with van der Waals surface area (Å²) in [5, 5.41) is 10.9. The van der Waals surface area contributed by atoms with E-state index in [1.807, 2.05) is 59.5 Å². The zero-order valence-corrected chi connectivity index (χ0v) is 22.2. The quantitative estimate of drug-likeness (QED) is 0.135. The number of ether oxygens (including phenoxy) is 2. The van der Waals surface area contributed by atoms with Gasteiger partial charge in [0.15, 0.2) is 0 Å². The molecular formula is C26H33N7O2Si. The standard InChI is InChI=1S/C26H33N7O2Si/c1-34-22-9-10-24(23(27)15-22)31-26-28-12-11-25(32-26)30-21-7-5-19(6-8-21)20-16-29-33(17-20)18-35-13-14-36(2,3)4/h5-12,15-17H,13-14,18,27H2,1-4H3,(H2,28,30,31,32). The van der Waals surface area contributed by atoms with Gasteiger partial charge in [0.25, 0.3) is 0 Å². The van der Waals surface area contributed by atoms with E-state index in [4.69, 9.17) is 15.2 Å². The number of nitrogens with zero attached hydrogens (tertiary/aromatic N) is 4. The van der Waals surface area contributed by atoms with Crippen molar-refractivity contribution in [1.29, 1.82) is 0 Å². The molecule has 0 aliphatic heterocycles. The van der Waals surface area contributed by atoms with Crippen molar-refractivity contribution in [2.45, 2.75) is 32.4 Å². The van der Waals surface area contributed by atoms with E-state index in [2.05, 4.69) is 45.3 Å². The predicted molar refractivity (Wildman–Crippen MR) is 148 cm³/mol. The lowest BCUT2D eigenvalue weighted by molar-refractivity contribution is 0.0786. The van der Waals surface area contributed by atoms with Crippen molar-refractivity contribution in [3.05, 3.63) is 67.1 Å². The molecule has 10 heteroatoms. The van der Waals surface area contributed by atoms with Crippen LogP contribution in [0.3, 0.4) is 0 Å². The monoisotopic (exact) mass is 503 g/mol. The van der Waals surface area contributed by atoms with Crippen LogP contribution in [0.4, 0.5) is 28.8 Å². The zero-order chi connectivity index (χ0) is 25.5. The fraction of sp³-hybridized carbons (Fsp3) is 0.269. The molecule has 0 unspecified atom stereocenters. The Balaban J connectivity index is 1.35. The smallest absolute Gasteiger partial charge is 0.229 e. The molecule has 0 radical (unpaired) electrons. The number of hydrogen-bond donors (Lipinski definition) is 3. The number of nitrogens with two attached hydrogens (primary N) is 1. The van der Waals surface area contributed by atoms with Crippen LogP contribution in [0.2, 0.25) is 25.7 Å². The number of benzene rings is 2. The minimum Gasteiger partial charge on any atom is -0.497 e. The Hall–Kier alpha value is -3.89. The molecule has 0 saturated carbocycles. The molecule has 0 atom stereocenters. The van der Waals surface area contributed by atoms with Crippen LogP contribution in [-0.2, 0) is 11.5 Å². The second kappa shape index (κ2) is 11.2. The summed E-state index contributed by atoms with van der Waals surface area (Å²) in [7, 11) is 0.518. The summed E-state index contributed by atoms with van der Waals surface area (Å²) in [4.78, 5) is 8.82. The Morgan fingerprint density at radius 3 is 2.53 bits per heavy atom. The Labute approximate surface area is 212 Å². The largest absolute Gasteiger partial charge is 0.497 e. The van der Waals surface area contributed by atoms with Crippen LogP contribution in [0.1, 0.15) is 0 Å². The molecule has 36 heavy (non-hydrogen) atoms. The van der Waals surface area contributed by atoms with Crippen LogP contribution in [0, 0.1) is 0 Å². The first-order valence-corrected chi connectivity index (χ1v) is 15.5. The molecule has 4 rings (SSSR count). The highest BCUT2D eigenvalue weighted by Crippen LogP contribution is 2.27. The van der Waals surface area contributed by atoms with Crippen molar-refractivity contribution < 1.29 is 9.47 Å². The number of methoxy groups -OCH3 is 1. The molecular weight excluding hydrogens is 470 g/mol. The normalized spacial score (nSPS) is 11.3. The van der Waals surface area contributed by atoms with Crippen LogP contribution in [0.15, 0.2) is 67.1 Å². The van der Waals surface area contributed by atoms with Crippen LogP contribution in [0.25, 0.3) is 11.1 Å². The first kappa shape index (κ1) is 25.2. The number of nitrogens with one attached hydrogen (secondary N) is 2. The summed E-state index contributed by atoms with van der Waals surface area (Å²) in [6, 6.07) is 16.5. The molecule has 4 aromatic rings. The number of aromatic nitrogens is 4. The van der Waals surface area contributed by atoms with Gasteiger partial charge in [-0.25, -0.2) is 9.67 Å². The summed E-state index contributed by atoms with van der Waals surface area (Å²) in [6.07, 6.45) is 5.55. The molecule has 2 aromatic heterocycles. The maximum Gasteiger partial charge on any atom is 0.229 e. The highest BCUT2D eigenvalue weighted by Gasteiger charge is 2.12. The van der Waals surface area contributed by atoms with Crippen LogP contribution >= 0.6 is 0 Å². The third-order valence-corrected chi connectivity index (χ3v) is 7.21. The van der Waals surface area contributed by atoms with Crippen molar-refractivity contribution in [3.8, 4) is 16.9 Å². The lowest BCUT2D eigenvalue weighted by atomic mass is 10.1. The SMILES string of the molecule is COc1ccc(Nc2nccc(Nc3ccc(-c4cnn(COCC[Si](C)(C)C)c4)cc3)n2)c(N)c1. The summed E-state index contributed by atoms with van der Waals surface area (Å²) >= 11 is 0. The van der Waals surface area contributed by atoms with Gasteiger partial charge < -0.3 is 25.8 Å². The molecule has 2 heterocycles. The lowest BCUT2D eigenvalue weighted by Gasteiger charge is -2.15. The molecule has 0 bridgehead atoms. The molecule has 0 aliphatic rings. The Morgan fingerprint density at radius 2 is 1.81 bits per heavy atom. The van der Waals surface area contributed by atoms with Gasteiger partial charge in [-0.3, -0.25) is 0 Å². The van der Waals surface area contributed by atoms with E-state index in [0.717, 1.165) is 29.5 Å². The average molecular weight is 504 g/mol. The Morgan fingerprint density at radius 1 is 1.00 bits per heavy atom. The van der Waals surface area contributed by atoms with E-state index in [-0.39, 0.29) is 0 Å². The first-order valence-electron chi connectivity index (χ1n) is 11.8. The van der Waals surface area contributed by atoms with Crippen molar-refractivity contribution in [3.63, 3.8) is 0 Å². The van der Waals surface area contributed by atoms with Gasteiger partial charge in [0.2, 0.25) is 5.95 Å². The Bertz CT molecular complexity index is 1290. The summed E-state index contributed by atoms with van der Waals surface area (Å²) in [5.74, 6) is 1.79. The summed E-state index contributed by atoms with van der Waals surface area (Å²) in [5.41, 5.74) is 10.4. The summed E-state index contributed by atoms with van der Waals surface area (Å²) in [6.45, 7) is 8.29. The van der Waals surface area contributed by atoms with Crippen molar-refractivity contribution >= 4 is 36.9 Å². The molecule has 0 amide bonds. The minimum absolute atomic E-state index is 0.438. The van der Waals surface area contributed by atoms with Crippen molar-refractivity contribution in [1.82, 2.24) is 19.7 Å². The van der Waals surface area contributed by atoms with E-state index in [9.17, 15) is 0 Å². The van der Waals surface area contributed by atoms with E-state index in [0.29, 0.717) is 35.6 Å². The van der Waals surface area contributed by atoms with E-state index in [1.165, 1.54) is 0 Å². The molecule has 0 fully saturated rings. The van der Waals surface area contributed by atoms with Gasteiger partial charge in [0.1, 0.15) is 18.3 Å². The molecule has 9 nitrogen and oxygen atoms in total. The zero-order valence-electron chi connectivity index (χ0n) is 21.2. The topological polar surface area (TPSA) is 112 Å². The fourth-order valence-corrected chi connectivity index (χ4v) is 4.16. The van der Waals surface area contributed by atoms with Gasteiger partial charge in [-0.15, -0.1) is 0 Å². The lowest BCUT2D eigenvalue weighted by Crippen LogP contribution is -2.22. The number of rotatable bonds is 11. The minimum atomic E-state index is -1.08. The van der Waals surface area contributed by atoms with Crippen LogP contribution in [0.5, 0.6) is 5.75 Å². The Kier molecular flexibility index (Phi) is 7.86. The van der Waals surface area contributed by atoms with Crippen LogP contribution in [-0.4, -0.2) is 41.5 Å². The highest BCUT2D eigenvalue weighted by molar-refractivity contribution is 6.76. The third-order valence-electron chi connectivity index (χ3n) is 5.50. The van der Waals surface area contributed by atoms with E-state index >= 15 is 0 Å². The molecule has 0 spiro atoms. The third kappa shape index (κ3) is 7.06. The molecule has 0 aliphatic carbocycles. The number of nitrogen functional groups attached to an aromatic ring is 1. The molecule has 0 saturated heterocycles. The van der Waals surface area contributed by atoms with Crippen molar-refractivity contribution in [2.24, 2.45) is 0 Å². The van der Waals surface area contributed by atoms with Gasteiger partial charge in [-0.05, 0) is 41.9 Å². The first-order chi connectivity index (χ1) is 17.3. The molecule has 188 valence electrons. The van der Waals surface area contributed by atoms with Crippen LogP contribution < -0.4 is 21.1 Å². The van der Waals surface area contributed by atoms with Gasteiger partial charge in [0.05, 0.1) is 24.7 Å². The van der Waals surface area contributed by atoms with E-state index < -0.39 is 8.07 Å². The second-order valence-corrected chi connectivity index (χ2v) is 15.3. The second-order valence-electron chi connectivity index (χ2n) is 9.66. The van der Waals surface area contributed by atoms with Gasteiger partial charge >= 0.3 is 0 Å². The number of hydrogen-bond acceptors (Lipinski definition) is 8. The fourth-order valence-electron chi connectivity index (χ4n) is 3.40. The maximum atomic E-state index is 6.09. The molecule has 2 aromatic carbocycles. The molecule has 4 N–H and O–H groups in total. The summed E-state index contributed by atoms with van der Waals surface area (Å²) < 4.78 is 12.8. The number of anilines is 5. The van der Waals surface area contributed by atoms with Gasteiger partial charge in [-0.1, -0.05) is 31.8 Å². The maximum absolute atomic E-state index is 6.09. The van der Waals surface area contributed by atoms with Crippen molar-refractivity contribution in [2.75, 3.05) is 30.1 Å². The predicted octanol–water partition coefficient (Wildman–Crippen LogP) is 5.73. The average Bonchev–Trinajstić information content (AvgIpc) is 3.32. The highest BCUT2D eigenvalue weighted by atomic mass is 28.3.